The number of benzene rings is 1. The number of nitrogens with one attached hydrogen (secondary N) is 1. The highest BCUT2D eigenvalue weighted by atomic mass is 79.9. The molecule has 0 spiro atoms. The molecule has 0 aromatic heterocycles. The molecule has 0 aliphatic heterocycles. The molecule has 1 aliphatic rings. The van der Waals surface area contributed by atoms with Crippen LogP contribution >= 0.6 is 15.9 Å². The minimum absolute atomic E-state index is 0.0385. The van der Waals surface area contributed by atoms with E-state index in [9.17, 15) is 9.90 Å². The normalized spacial score (nSPS) is 17.9. The summed E-state index contributed by atoms with van der Waals surface area (Å²) in [7, 11) is 0. The highest BCUT2D eigenvalue weighted by Gasteiger charge is 2.31. The Bertz CT molecular complexity index is 442. The van der Waals surface area contributed by atoms with Crippen LogP contribution in [-0.2, 0) is 0 Å². The topological polar surface area (TPSA) is 49.3 Å². The average Bonchev–Trinajstić information content (AvgIpc) is 2.46. The first-order valence-corrected chi connectivity index (χ1v) is 7.91. The van der Waals surface area contributed by atoms with Gasteiger partial charge in [-0.3, -0.25) is 4.79 Å². The first-order valence-electron chi connectivity index (χ1n) is 6.79. The predicted octanol–water partition coefficient (Wildman–Crippen LogP) is 3.47. The van der Waals surface area contributed by atoms with E-state index in [0.717, 1.165) is 18.2 Å². The fraction of sp³-hybridized carbons (Fsp3) is 0.533. The number of carbonyl (C=O) groups excluding carboxylic acids is 1. The zero-order chi connectivity index (χ0) is 13.7. The minimum atomic E-state index is -0.191. The summed E-state index contributed by atoms with van der Waals surface area (Å²) in [6.07, 6.45) is 6.07. The van der Waals surface area contributed by atoms with E-state index in [4.69, 9.17) is 0 Å². The molecule has 4 heteroatoms. The number of aromatic hydroxyl groups is 1. The number of halogens is 1. The number of amides is 1. The smallest absolute Gasteiger partial charge is 0.255 e. The minimum Gasteiger partial charge on any atom is -0.507 e. The van der Waals surface area contributed by atoms with Crippen molar-refractivity contribution >= 4 is 21.8 Å². The van der Waals surface area contributed by atoms with E-state index in [0.29, 0.717) is 12.1 Å². The number of para-hydroxylation sites is 1. The van der Waals surface area contributed by atoms with Crippen LogP contribution in [0.15, 0.2) is 24.3 Å². The second-order valence-electron chi connectivity index (χ2n) is 5.39. The van der Waals surface area contributed by atoms with Crippen molar-refractivity contribution in [2.45, 2.75) is 32.1 Å². The first kappa shape index (κ1) is 14.4. The molecule has 1 fully saturated rings. The van der Waals surface area contributed by atoms with Gasteiger partial charge in [-0.15, -0.1) is 0 Å². The van der Waals surface area contributed by atoms with Crippen LogP contribution in [0.5, 0.6) is 5.75 Å². The molecule has 0 radical (unpaired) electrons. The number of carbonyl (C=O) groups is 1. The third-order valence-electron chi connectivity index (χ3n) is 3.97. The molecule has 0 bridgehead atoms. The molecule has 0 unspecified atom stereocenters. The molecular weight excluding hydrogens is 306 g/mol. The molecular formula is C15H20BrNO2. The Morgan fingerprint density at radius 3 is 2.58 bits per heavy atom. The quantitative estimate of drug-likeness (QED) is 0.833. The van der Waals surface area contributed by atoms with Gasteiger partial charge in [0.05, 0.1) is 5.56 Å². The van der Waals surface area contributed by atoms with Crippen LogP contribution in [0, 0.1) is 5.41 Å². The summed E-state index contributed by atoms with van der Waals surface area (Å²) < 4.78 is 0. The van der Waals surface area contributed by atoms with Crippen LogP contribution in [0.1, 0.15) is 42.5 Å². The van der Waals surface area contributed by atoms with E-state index >= 15 is 0 Å². The molecule has 104 valence electrons. The third kappa shape index (κ3) is 3.50. The maximum absolute atomic E-state index is 12.1. The largest absolute Gasteiger partial charge is 0.507 e. The van der Waals surface area contributed by atoms with Crippen molar-refractivity contribution in [3.05, 3.63) is 29.8 Å². The van der Waals surface area contributed by atoms with E-state index < -0.39 is 0 Å². The Morgan fingerprint density at radius 1 is 1.26 bits per heavy atom. The lowest BCUT2D eigenvalue weighted by molar-refractivity contribution is 0.0919. The monoisotopic (exact) mass is 325 g/mol. The van der Waals surface area contributed by atoms with Crippen molar-refractivity contribution in [2.75, 3.05) is 11.9 Å². The van der Waals surface area contributed by atoms with Crippen LogP contribution in [0.3, 0.4) is 0 Å². The summed E-state index contributed by atoms with van der Waals surface area (Å²) >= 11 is 3.59. The van der Waals surface area contributed by atoms with E-state index in [1.54, 1.807) is 18.2 Å². The van der Waals surface area contributed by atoms with Crippen LogP contribution in [0.4, 0.5) is 0 Å². The van der Waals surface area contributed by atoms with Gasteiger partial charge in [0.15, 0.2) is 0 Å². The van der Waals surface area contributed by atoms with Crippen LogP contribution in [-0.4, -0.2) is 22.9 Å². The standard InChI is InChI=1S/C15H20BrNO2/c16-10-15(8-4-1-5-9-15)11-17-14(19)12-6-2-3-7-13(12)18/h2-3,6-7,18H,1,4-5,8-11H2,(H,17,19). The second kappa shape index (κ2) is 6.42. The van der Waals surface area contributed by atoms with E-state index in [1.165, 1.54) is 25.3 Å². The fourth-order valence-corrected chi connectivity index (χ4v) is 3.45. The molecule has 1 aromatic carbocycles. The van der Waals surface area contributed by atoms with Crippen molar-refractivity contribution in [1.82, 2.24) is 5.32 Å². The van der Waals surface area contributed by atoms with Crippen LogP contribution in [0.2, 0.25) is 0 Å². The molecule has 1 amide bonds. The van der Waals surface area contributed by atoms with Gasteiger partial charge in [-0.05, 0) is 30.4 Å². The van der Waals surface area contributed by atoms with Gasteiger partial charge in [0.1, 0.15) is 5.75 Å². The number of alkyl halides is 1. The van der Waals surface area contributed by atoms with Gasteiger partial charge < -0.3 is 10.4 Å². The van der Waals surface area contributed by atoms with Gasteiger partial charge in [0.2, 0.25) is 0 Å². The summed E-state index contributed by atoms with van der Waals surface area (Å²) in [5, 5.41) is 13.6. The molecule has 3 nitrogen and oxygen atoms in total. The molecule has 0 saturated heterocycles. The molecule has 1 aliphatic carbocycles. The van der Waals surface area contributed by atoms with Crippen molar-refractivity contribution in [1.29, 1.82) is 0 Å². The maximum atomic E-state index is 12.1. The van der Waals surface area contributed by atoms with Gasteiger partial charge in [-0.25, -0.2) is 0 Å². The maximum Gasteiger partial charge on any atom is 0.255 e. The van der Waals surface area contributed by atoms with Crippen molar-refractivity contribution in [3.63, 3.8) is 0 Å². The van der Waals surface area contributed by atoms with Crippen molar-refractivity contribution in [3.8, 4) is 5.75 Å². The Hall–Kier alpha value is -1.03. The molecule has 0 atom stereocenters. The Balaban J connectivity index is 1.98. The van der Waals surface area contributed by atoms with Gasteiger partial charge in [0, 0.05) is 11.9 Å². The van der Waals surface area contributed by atoms with Crippen LogP contribution < -0.4 is 5.32 Å². The molecule has 1 aromatic rings. The SMILES string of the molecule is O=C(NCC1(CBr)CCCCC1)c1ccccc1O. The van der Waals surface area contributed by atoms with Gasteiger partial charge in [-0.2, -0.15) is 0 Å². The van der Waals surface area contributed by atoms with E-state index in [1.807, 2.05) is 0 Å². The van der Waals surface area contributed by atoms with E-state index in [-0.39, 0.29) is 17.1 Å². The molecule has 1 saturated carbocycles. The van der Waals surface area contributed by atoms with Crippen molar-refractivity contribution < 1.29 is 9.90 Å². The van der Waals surface area contributed by atoms with Crippen molar-refractivity contribution in [2.24, 2.45) is 5.41 Å². The lowest BCUT2D eigenvalue weighted by Gasteiger charge is -2.35. The van der Waals surface area contributed by atoms with Gasteiger partial charge in [-0.1, -0.05) is 47.3 Å². The highest BCUT2D eigenvalue weighted by Crippen LogP contribution is 2.37. The number of rotatable bonds is 4. The summed E-state index contributed by atoms with van der Waals surface area (Å²) in [6.45, 7) is 0.672. The summed E-state index contributed by atoms with van der Waals surface area (Å²) in [4.78, 5) is 12.1. The highest BCUT2D eigenvalue weighted by molar-refractivity contribution is 9.09. The summed E-state index contributed by atoms with van der Waals surface area (Å²) in [5.41, 5.74) is 0.529. The Kier molecular flexibility index (Phi) is 4.86. The first-order chi connectivity index (χ1) is 9.17. The Labute approximate surface area is 122 Å². The number of phenols is 1. The molecule has 2 N–H and O–H groups in total. The molecule has 2 rings (SSSR count). The van der Waals surface area contributed by atoms with Gasteiger partial charge >= 0.3 is 0 Å². The second-order valence-corrected chi connectivity index (χ2v) is 5.95. The summed E-state index contributed by atoms with van der Waals surface area (Å²) in [5.74, 6) is -0.152. The number of hydrogen-bond acceptors (Lipinski definition) is 2. The zero-order valence-electron chi connectivity index (χ0n) is 11.0. The molecule has 0 heterocycles. The lowest BCUT2D eigenvalue weighted by Crippen LogP contribution is -2.40. The van der Waals surface area contributed by atoms with E-state index in [2.05, 4.69) is 21.2 Å². The zero-order valence-corrected chi connectivity index (χ0v) is 12.6. The fourth-order valence-electron chi connectivity index (χ4n) is 2.69. The number of hydrogen-bond donors (Lipinski definition) is 2. The van der Waals surface area contributed by atoms with Gasteiger partial charge in [0.25, 0.3) is 5.91 Å². The lowest BCUT2D eigenvalue weighted by atomic mass is 9.75. The third-order valence-corrected chi connectivity index (χ3v) is 5.16. The summed E-state index contributed by atoms with van der Waals surface area (Å²) in [6, 6.07) is 6.66. The molecule has 19 heavy (non-hydrogen) atoms. The Morgan fingerprint density at radius 2 is 1.95 bits per heavy atom. The van der Waals surface area contributed by atoms with Crippen LogP contribution in [0.25, 0.3) is 0 Å². The average molecular weight is 326 g/mol. The number of phenolic OH excluding ortho intramolecular Hbond substituents is 1. The predicted molar refractivity (Wildman–Crippen MR) is 79.8 cm³/mol.